The van der Waals surface area contributed by atoms with Gasteiger partial charge in [0.1, 0.15) is 23.4 Å². The zero-order chi connectivity index (χ0) is 21.4. The Morgan fingerprint density at radius 2 is 1.90 bits per heavy atom. The summed E-state index contributed by atoms with van der Waals surface area (Å²) in [5.74, 6) is -0.323. The van der Waals surface area contributed by atoms with Crippen LogP contribution in [-0.2, 0) is 4.79 Å². The first-order chi connectivity index (χ1) is 14.4. The van der Waals surface area contributed by atoms with E-state index >= 15 is 0 Å². The number of rotatable bonds is 4. The summed E-state index contributed by atoms with van der Waals surface area (Å²) in [5, 5.41) is 7.67. The van der Waals surface area contributed by atoms with Crippen LogP contribution in [0.4, 0.5) is 5.69 Å². The number of aromatic nitrogens is 3. The van der Waals surface area contributed by atoms with E-state index in [2.05, 4.69) is 15.5 Å². The molecular weight excluding hydrogens is 404 g/mol. The number of nitrogens with one attached hydrogen (secondary N) is 1. The summed E-state index contributed by atoms with van der Waals surface area (Å²) >= 11 is 5.95. The minimum atomic E-state index is -0.790. The number of halogens is 1. The van der Waals surface area contributed by atoms with Crippen LogP contribution >= 0.6 is 11.6 Å². The van der Waals surface area contributed by atoms with Gasteiger partial charge in [0.2, 0.25) is 5.91 Å². The van der Waals surface area contributed by atoms with Gasteiger partial charge in [-0.2, -0.15) is 0 Å². The van der Waals surface area contributed by atoms with Crippen LogP contribution in [0.1, 0.15) is 24.1 Å². The van der Waals surface area contributed by atoms with E-state index in [0.29, 0.717) is 22.0 Å². The first-order valence-electron chi connectivity index (χ1n) is 9.36. The van der Waals surface area contributed by atoms with E-state index < -0.39 is 11.6 Å². The molecule has 1 amide bonds. The first-order valence-corrected chi connectivity index (χ1v) is 9.74. The number of nitrogens with zero attached hydrogens (tertiary/aromatic N) is 3. The molecule has 0 radical (unpaired) electrons. The smallest absolute Gasteiger partial charge is 0.267 e. The van der Waals surface area contributed by atoms with Crippen molar-refractivity contribution in [3.05, 3.63) is 75.3 Å². The molecule has 2 aromatic carbocycles. The monoisotopic (exact) mass is 422 g/mol. The molecule has 152 valence electrons. The lowest BCUT2D eigenvalue weighted by atomic mass is 10.1. The normalized spacial score (nSPS) is 12.1. The molecule has 1 N–H and O–H groups in total. The molecule has 0 unspecified atom stereocenters. The summed E-state index contributed by atoms with van der Waals surface area (Å²) in [7, 11) is 0. The summed E-state index contributed by atoms with van der Waals surface area (Å²) in [6.07, 6.45) is 1.30. The second kappa shape index (κ2) is 7.76. The van der Waals surface area contributed by atoms with Gasteiger partial charge in [-0.15, -0.1) is 0 Å². The van der Waals surface area contributed by atoms with Crippen LogP contribution in [0.5, 0.6) is 0 Å². The minimum absolute atomic E-state index is 0.114. The number of anilines is 1. The summed E-state index contributed by atoms with van der Waals surface area (Å²) in [4.78, 5) is 30.2. The van der Waals surface area contributed by atoms with Crippen molar-refractivity contribution in [2.45, 2.75) is 26.8 Å². The molecule has 8 heteroatoms. The number of carbonyl (C=O) groups is 1. The molecule has 1 atom stereocenters. The van der Waals surface area contributed by atoms with Crippen molar-refractivity contribution in [1.29, 1.82) is 0 Å². The Hall–Kier alpha value is -3.45. The second-order valence-corrected chi connectivity index (χ2v) is 7.52. The molecule has 0 saturated heterocycles. The molecule has 30 heavy (non-hydrogen) atoms. The maximum absolute atomic E-state index is 13.2. The van der Waals surface area contributed by atoms with Crippen LogP contribution in [0.15, 0.2) is 58.1 Å². The van der Waals surface area contributed by atoms with Gasteiger partial charge in [-0.25, -0.2) is 4.98 Å². The van der Waals surface area contributed by atoms with E-state index in [1.54, 1.807) is 31.2 Å². The third kappa shape index (κ3) is 3.48. The Balaban J connectivity index is 1.72. The van der Waals surface area contributed by atoms with Crippen molar-refractivity contribution in [3.63, 3.8) is 0 Å². The van der Waals surface area contributed by atoms with Crippen molar-refractivity contribution in [2.24, 2.45) is 0 Å². The van der Waals surface area contributed by atoms with Crippen molar-refractivity contribution < 1.29 is 9.32 Å². The average Bonchev–Trinajstić information content (AvgIpc) is 3.17. The highest BCUT2D eigenvalue weighted by Gasteiger charge is 2.22. The fourth-order valence-corrected chi connectivity index (χ4v) is 3.32. The first kappa shape index (κ1) is 19.8. The van der Waals surface area contributed by atoms with Gasteiger partial charge in [0.05, 0.1) is 0 Å². The number of hydrogen-bond acceptors (Lipinski definition) is 5. The molecule has 4 aromatic rings. The van der Waals surface area contributed by atoms with Gasteiger partial charge in [0.25, 0.3) is 11.3 Å². The van der Waals surface area contributed by atoms with E-state index in [1.165, 1.54) is 10.9 Å². The Kier molecular flexibility index (Phi) is 5.13. The van der Waals surface area contributed by atoms with Crippen molar-refractivity contribution in [3.8, 4) is 11.3 Å². The van der Waals surface area contributed by atoms with Crippen LogP contribution in [0.3, 0.4) is 0 Å². The Morgan fingerprint density at radius 3 is 2.63 bits per heavy atom. The van der Waals surface area contributed by atoms with Gasteiger partial charge in [-0.3, -0.25) is 14.2 Å². The highest BCUT2D eigenvalue weighted by atomic mass is 35.5. The van der Waals surface area contributed by atoms with Crippen molar-refractivity contribution in [1.82, 2.24) is 14.7 Å². The lowest BCUT2D eigenvalue weighted by molar-refractivity contribution is -0.118. The second-order valence-electron chi connectivity index (χ2n) is 7.09. The quantitative estimate of drug-likeness (QED) is 0.522. The predicted molar refractivity (Wildman–Crippen MR) is 116 cm³/mol. The van der Waals surface area contributed by atoms with Crippen LogP contribution in [-0.4, -0.2) is 20.6 Å². The van der Waals surface area contributed by atoms with E-state index in [9.17, 15) is 9.59 Å². The zero-order valence-electron chi connectivity index (χ0n) is 16.6. The highest BCUT2D eigenvalue weighted by Crippen LogP contribution is 2.26. The highest BCUT2D eigenvalue weighted by molar-refractivity contribution is 6.30. The predicted octanol–water partition coefficient (Wildman–Crippen LogP) is 4.52. The third-order valence-electron chi connectivity index (χ3n) is 5.20. The summed E-state index contributed by atoms with van der Waals surface area (Å²) in [5.41, 5.74) is 3.48. The molecule has 0 saturated carbocycles. The van der Waals surface area contributed by atoms with Crippen molar-refractivity contribution >= 4 is 34.3 Å². The van der Waals surface area contributed by atoms with Crippen LogP contribution in [0, 0.1) is 13.8 Å². The minimum Gasteiger partial charge on any atom is -0.335 e. The molecule has 0 spiro atoms. The molecule has 0 aliphatic heterocycles. The van der Waals surface area contributed by atoms with Crippen molar-refractivity contribution in [2.75, 3.05) is 5.32 Å². The summed E-state index contributed by atoms with van der Waals surface area (Å²) in [6.45, 7) is 5.55. The number of aryl methyl sites for hydroxylation is 1. The SMILES string of the molecule is Cc1cccc(NC(=O)[C@H](C)n2cnc3onc(-c4ccc(Cl)cc4)c3c2=O)c1C. The van der Waals surface area contributed by atoms with E-state index in [0.717, 1.165) is 11.1 Å². The molecule has 2 aromatic heterocycles. The fraction of sp³-hybridized carbons (Fsp3) is 0.182. The standard InChI is InChI=1S/C22H19ClN4O3/c1-12-5-4-6-17(13(12)2)25-20(28)14(3)27-11-24-21-18(22(27)29)19(26-30-21)15-7-9-16(23)10-8-15/h4-11,14H,1-3H3,(H,25,28)/t14-/m0/s1. The molecular formula is C22H19ClN4O3. The van der Waals surface area contributed by atoms with E-state index in [4.69, 9.17) is 16.1 Å². The number of amides is 1. The lowest BCUT2D eigenvalue weighted by Crippen LogP contribution is -2.32. The molecule has 0 aliphatic carbocycles. The third-order valence-corrected chi connectivity index (χ3v) is 5.45. The number of hydrogen-bond donors (Lipinski definition) is 1. The molecule has 0 fully saturated rings. The number of fused-ring (bicyclic) bond motifs is 1. The van der Waals surface area contributed by atoms with Gasteiger partial charge in [0.15, 0.2) is 0 Å². The van der Waals surface area contributed by atoms with Gasteiger partial charge in [-0.1, -0.05) is 41.0 Å². The van der Waals surface area contributed by atoms with E-state index in [1.807, 2.05) is 32.0 Å². The molecule has 0 aliphatic rings. The maximum Gasteiger partial charge on any atom is 0.267 e. The van der Waals surface area contributed by atoms with Gasteiger partial charge in [-0.05, 0) is 50.1 Å². The largest absolute Gasteiger partial charge is 0.335 e. The molecule has 4 rings (SSSR count). The topological polar surface area (TPSA) is 90.0 Å². The van der Waals surface area contributed by atoms with E-state index in [-0.39, 0.29) is 17.0 Å². The zero-order valence-corrected chi connectivity index (χ0v) is 17.4. The van der Waals surface area contributed by atoms with Gasteiger partial charge >= 0.3 is 0 Å². The van der Waals surface area contributed by atoms with Gasteiger partial charge in [0, 0.05) is 16.3 Å². The van der Waals surface area contributed by atoms with Crippen LogP contribution < -0.4 is 10.9 Å². The van der Waals surface area contributed by atoms with Gasteiger partial charge < -0.3 is 9.84 Å². The Labute approximate surface area is 177 Å². The number of benzene rings is 2. The maximum atomic E-state index is 13.2. The van der Waals surface area contributed by atoms with Crippen LogP contribution in [0.2, 0.25) is 5.02 Å². The van der Waals surface area contributed by atoms with Crippen LogP contribution in [0.25, 0.3) is 22.4 Å². The Morgan fingerprint density at radius 1 is 1.17 bits per heavy atom. The summed E-state index contributed by atoms with van der Waals surface area (Å²) < 4.78 is 6.50. The lowest BCUT2D eigenvalue weighted by Gasteiger charge is -2.16. The molecule has 0 bridgehead atoms. The molecule has 2 heterocycles. The summed E-state index contributed by atoms with van der Waals surface area (Å²) in [6, 6.07) is 11.8. The average molecular weight is 423 g/mol. The fourth-order valence-electron chi connectivity index (χ4n) is 3.19. The Bertz CT molecular complexity index is 1310. The number of carbonyl (C=O) groups excluding carboxylic acids is 1. The molecule has 7 nitrogen and oxygen atoms in total.